The molecule has 0 spiro atoms. The Hall–Kier alpha value is -3.27. The SMILES string of the molecule is CCOc1cc(/C=C2\SC(=O)N(Cc3cccc(Cl)c3)C2=O)ccc1OS(=O)(=O)c1ccc(C)cc1. The number of hydrogen-bond donors (Lipinski definition) is 0. The molecule has 0 atom stereocenters. The highest BCUT2D eigenvalue weighted by molar-refractivity contribution is 8.18. The number of thioether (sulfide) groups is 1. The van der Waals surface area contributed by atoms with Crippen LogP contribution >= 0.6 is 23.4 Å². The van der Waals surface area contributed by atoms with Crippen molar-refractivity contribution in [3.05, 3.63) is 93.3 Å². The fraction of sp³-hybridized carbons (Fsp3) is 0.154. The van der Waals surface area contributed by atoms with Crippen molar-refractivity contribution in [1.29, 1.82) is 0 Å². The van der Waals surface area contributed by atoms with Crippen LogP contribution in [0.25, 0.3) is 6.08 Å². The van der Waals surface area contributed by atoms with Gasteiger partial charge < -0.3 is 8.92 Å². The Labute approximate surface area is 218 Å². The van der Waals surface area contributed by atoms with Gasteiger partial charge in [-0.1, -0.05) is 47.5 Å². The average molecular weight is 544 g/mol. The molecule has 1 saturated heterocycles. The van der Waals surface area contributed by atoms with E-state index in [-0.39, 0.29) is 39.7 Å². The third-order valence-corrected chi connectivity index (χ3v) is 7.57. The maximum Gasteiger partial charge on any atom is 0.339 e. The Morgan fingerprint density at radius 3 is 2.44 bits per heavy atom. The summed E-state index contributed by atoms with van der Waals surface area (Å²) in [4.78, 5) is 26.8. The standard InChI is InChI=1S/C26H22ClNO6S2/c1-3-33-23-14-18(9-12-22(23)34-36(31,32)21-10-7-17(2)8-11-21)15-24-25(29)28(26(30)35-24)16-19-5-4-6-20(27)13-19/h4-15H,3,16H2,1-2H3/b24-15-. The van der Waals surface area contributed by atoms with E-state index in [1.165, 1.54) is 18.2 Å². The normalized spacial score (nSPS) is 15.0. The number of nitrogens with zero attached hydrogens (tertiary/aromatic N) is 1. The molecule has 1 aliphatic rings. The molecule has 0 radical (unpaired) electrons. The molecule has 2 amide bonds. The number of benzene rings is 3. The van der Waals surface area contributed by atoms with E-state index in [1.54, 1.807) is 61.5 Å². The van der Waals surface area contributed by atoms with Crippen LogP contribution in [0.2, 0.25) is 5.02 Å². The fourth-order valence-electron chi connectivity index (χ4n) is 3.43. The van der Waals surface area contributed by atoms with E-state index < -0.39 is 16.0 Å². The van der Waals surface area contributed by atoms with Gasteiger partial charge in [0.25, 0.3) is 11.1 Å². The van der Waals surface area contributed by atoms with E-state index >= 15 is 0 Å². The zero-order valence-corrected chi connectivity index (χ0v) is 21.8. The number of amides is 2. The summed E-state index contributed by atoms with van der Waals surface area (Å²) in [5.41, 5.74) is 2.21. The van der Waals surface area contributed by atoms with Crippen molar-refractivity contribution in [3.63, 3.8) is 0 Å². The molecule has 0 aliphatic carbocycles. The minimum absolute atomic E-state index is 0.0173. The van der Waals surface area contributed by atoms with E-state index in [9.17, 15) is 18.0 Å². The Kier molecular flexibility index (Phi) is 7.73. The van der Waals surface area contributed by atoms with E-state index in [0.717, 1.165) is 27.8 Å². The molecule has 0 aromatic heterocycles. The molecule has 0 unspecified atom stereocenters. The molecular formula is C26H22ClNO6S2. The monoisotopic (exact) mass is 543 g/mol. The van der Waals surface area contributed by atoms with Crippen molar-refractivity contribution in [2.75, 3.05) is 6.61 Å². The molecule has 1 heterocycles. The predicted molar refractivity (Wildman–Crippen MR) is 140 cm³/mol. The van der Waals surface area contributed by atoms with Crippen LogP contribution in [-0.4, -0.2) is 31.1 Å². The van der Waals surface area contributed by atoms with Gasteiger partial charge in [-0.05, 0) is 79.2 Å². The van der Waals surface area contributed by atoms with Gasteiger partial charge in [0.05, 0.1) is 18.1 Å². The highest BCUT2D eigenvalue weighted by atomic mass is 35.5. The Morgan fingerprint density at radius 1 is 1.00 bits per heavy atom. The average Bonchev–Trinajstić information content (AvgIpc) is 3.08. The van der Waals surface area contributed by atoms with Gasteiger partial charge in [-0.2, -0.15) is 8.42 Å². The van der Waals surface area contributed by atoms with Crippen molar-refractivity contribution >= 4 is 50.7 Å². The van der Waals surface area contributed by atoms with E-state index in [4.69, 9.17) is 20.5 Å². The first kappa shape index (κ1) is 25.8. The first-order valence-electron chi connectivity index (χ1n) is 10.9. The summed E-state index contributed by atoms with van der Waals surface area (Å²) >= 11 is 6.84. The molecule has 10 heteroatoms. The van der Waals surface area contributed by atoms with Crippen LogP contribution in [0.3, 0.4) is 0 Å². The van der Waals surface area contributed by atoms with Gasteiger partial charge in [0.1, 0.15) is 4.90 Å². The summed E-state index contributed by atoms with van der Waals surface area (Å²) in [5.74, 6) is -0.214. The van der Waals surface area contributed by atoms with Crippen LogP contribution in [0, 0.1) is 6.92 Å². The number of ether oxygens (including phenoxy) is 1. The molecule has 4 rings (SSSR count). The van der Waals surface area contributed by atoms with Crippen molar-refractivity contribution in [1.82, 2.24) is 4.90 Å². The number of imide groups is 1. The molecule has 186 valence electrons. The molecule has 36 heavy (non-hydrogen) atoms. The van der Waals surface area contributed by atoms with E-state index in [0.29, 0.717) is 10.6 Å². The van der Waals surface area contributed by atoms with Gasteiger partial charge in [-0.15, -0.1) is 0 Å². The lowest BCUT2D eigenvalue weighted by molar-refractivity contribution is -0.123. The highest BCUT2D eigenvalue weighted by Gasteiger charge is 2.35. The molecule has 3 aromatic rings. The molecule has 7 nitrogen and oxygen atoms in total. The highest BCUT2D eigenvalue weighted by Crippen LogP contribution is 2.36. The van der Waals surface area contributed by atoms with Gasteiger partial charge in [0.15, 0.2) is 11.5 Å². The van der Waals surface area contributed by atoms with Gasteiger partial charge in [0, 0.05) is 5.02 Å². The van der Waals surface area contributed by atoms with Crippen molar-refractivity contribution < 1.29 is 26.9 Å². The molecule has 1 aliphatic heterocycles. The molecule has 1 fully saturated rings. The number of aryl methyl sites for hydroxylation is 1. The smallest absolute Gasteiger partial charge is 0.339 e. The maximum atomic E-state index is 12.9. The van der Waals surface area contributed by atoms with E-state index in [2.05, 4.69) is 0 Å². The lowest BCUT2D eigenvalue weighted by Gasteiger charge is -2.13. The summed E-state index contributed by atoms with van der Waals surface area (Å²) in [7, 11) is -4.08. The zero-order chi connectivity index (χ0) is 25.9. The molecule has 0 bridgehead atoms. The summed E-state index contributed by atoms with van der Waals surface area (Å²) in [6.07, 6.45) is 1.56. The zero-order valence-electron chi connectivity index (χ0n) is 19.4. The molecule has 3 aromatic carbocycles. The Bertz CT molecular complexity index is 1450. The summed E-state index contributed by atoms with van der Waals surface area (Å²) in [6.45, 7) is 3.98. The maximum absolute atomic E-state index is 12.9. The second-order valence-corrected chi connectivity index (χ2v) is 10.9. The molecule has 0 N–H and O–H groups in total. The lowest BCUT2D eigenvalue weighted by Crippen LogP contribution is -2.27. The second kappa shape index (κ2) is 10.8. The van der Waals surface area contributed by atoms with Crippen LogP contribution in [0.1, 0.15) is 23.6 Å². The van der Waals surface area contributed by atoms with Gasteiger partial charge in [0.2, 0.25) is 0 Å². The predicted octanol–water partition coefficient (Wildman–Crippen LogP) is 6.05. The molecular weight excluding hydrogens is 522 g/mol. The van der Waals surface area contributed by atoms with Crippen molar-refractivity contribution in [2.24, 2.45) is 0 Å². The van der Waals surface area contributed by atoms with Crippen LogP contribution in [0.15, 0.2) is 76.5 Å². The van der Waals surface area contributed by atoms with Crippen molar-refractivity contribution in [2.45, 2.75) is 25.3 Å². The van der Waals surface area contributed by atoms with Gasteiger partial charge in [-0.25, -0.2) is 0 Å². The van der Waals surface area contributed by atoms with Gasteiger partial charge in [-0.3, -0.25) is 14.5 Å². The Balaban J connectivity index is 1.57. The first-order valence-corrected chi connectivity index (χ1v) is 13.5. The number of halogens is 1. The summed E-state index contributed by atoms with van der Waals surface area (Å²) in [5, 5.41) is 0.130. The number of hydrogen-bond acceptors (Lipinski definition) is 7. The quantitative estimate of drug-likeness (QED) is 0.252. The molecule has 0 saturated carbocycles. The largest absolute Gasteiger partial charge is 0.490 e. The first-order chi connectivity index (χ1) is 17.2. The lowest BCUT2D eigenvalue weighted by atomic mass is 10.1. The third-order valence-electron chi connectivity index (χ3n) is 5.18. The number of carbonyl (C=O) groups is 2. The van der Waals surface area contributed by atoms with E-state index in [1.807, 2.05) is 6.92 Å². The van der Waals surface area contributed by atoms with Crippen LogP contribution in [0.4, 0.5) is 4.79 Å². The number of rotatable bonds is 8. The summed E-state index contributed by atoms with van der Waals surface area (Å²) in [6, 6.07) is 17.9. The Morgan fingerprint density at radius 2 is 1.75 bits per heavy atom. The topological polar surface area (TPSA) is 90.0 Å². The minimum Gasteiger partial charge on any atom is -0.490 e. The van der Waals surface area contributed by atoms with Crippen molar-refractivity contribution in [3.8, 4) is 11.5 Å². The van der Waals surface area contributed by atoms with Crippen LogP contribution in [-0.2, 0) is 21.5 Å². The van der Waals surface area contributed by atoms with Gasteiger partial charge >= 0.3 is 10.1 Å². The fourth-order valence-corrected chi connectivity index (χ4v) is 5.42. The number of carbonyl (C=O) groups excluding carboxylic acids is 2. The summed E-state index contributed by atoms with van der Waals surface area (Å²) < 4.78 is 36.4. The third kappa shape index (κ3) is 5.92. The van der Waals surface area contributed by atoms with Crippen LogP contribution < -0.4 is 8.92 Å². The minimum atomic E-state index is -4.08. The second-order valence-electron chi connectivity index (χ2n) is 7.89. The van der Waals surface area contributed by atoms with Crippen LogP contribution in [0.5, 0.6) is 11.5 Å².